The van der Waals surface area contributed by atoms with E-state index < -0.39 is 49.8 Å². The summed E-state index contributed by atoms with van der Waals surface area (Å²) in [5, 5.41) is 34.8. The summed E-state index contributed by atoms with van der Waals surface area (Å²) in [6.45, 7) is -3.33. The maximum atomic E-state index is 10.4. The summed E-state index contributed by atoms with van der Waals surface area (Å²) in [7, 11) is 0. The van der Waals surface area contributed by atoms with E-state index in [1.54, 1.807) is 0 Å². The molecule has 0 rings (SSSR count). The number of aliphatic carboxylic acids is 3. The highest BCUT2D eigenvalue weighted by atomic mass is 16.5. The van der Waals surface area contributed by atoms with Crippen molar-refractivity contribution >= 4 is 17.9 Å². The van der Waals surface area contributed by atoms with Crippen molar-refractivity contribution in [1.82, 2.24) is 0 Å². The fourth-order valence-electron chi connectivity index (χ4n) is 1.33. The van der Waals surface area contributed by atoms with Crippen molar-refractivity contribution < 1.29 is 49.0 Å². The highest BCUT2D eigenvalue weighted by Gasteiger charge is 2.32. The van der Waals surface area contributed by atoms with Gasteiger partial charge in [0, 0.05) is 0 Å². The van der Waals surface area contributed by atoms with Gasteiger partial charge in [-0.1, -0.05) is 0 Å². The molecule has 0 amide bonds. The van der Waals surface area contributed by atoms with Crippen LogP contribution >= 0.6 is 0 Å². The van der Waals surface area contributed by atoms with Gasteiger partial charge in [0.15, 0.2) is 0 Å². The second kappa shape index (κ2) is 10.0. The minimum absolute atomic E-state index is 0.297. The van der Waals surface area contributed by atoms with Gasteiger partial charge in [-0.25, -0.2) is 14.4 Å². The van der Waals surface area contributed by atoms with Crippen LogP contribution in [0.15, 0.2) is 0 Å². The fraction of sp³-hybridized carbons (Fsp3) is 0.727. The van der Waals surface area contributed by atoms with E-state index in [9.17, 15) is 19.5 Å². The van der Waals surface area contributed by atoms with Gasteiger partial charge in [0.2, 0.25) is 0 Å². The molecule has 122 valence electrons. The number of carboxylic acid groups (broad SMARTS) is 3. The first-order valence-corrected chi connectivity index (χ1v) is 5.81. The Morgan fingerprint density at radius 3 is 1.19 bits per heavy atom. The van der Waals surface area contributed by atoms with E-state index in [-0.39, 0.29) is 19.8 Å². The third-order valence-electron chi connectivity index (χ3n) is 2.24. The van der Waals surface area contributed by atoms with Crippen molar-refractivity contribution in [2.45, 2.75) is 0 Å². The van der Waals surface area contributed by atoms with Crippen molar-refractivity contribution in [3.63, 3.8) is 0 Å². The van der Waals surface area contributed by atoms with Gasteiger partial charge in [-0.2, -0.15) is 0 Å². The second-order valence-electron chi connectivity index (χ2n) is 4.32. The summed E-state index contributed by atoms with van der Waals surface area (Å²) in [6, 6.07) is 0. The number of hydrogen-bond acceptors (Lipinski definition) is 7. The van der Waals surface area contributed by atoms with Crippen molar-refractivity contribution in [2.75, 3.05) is 46.2 Å². The third kappa shape index (κ3) is 9.73. The van der Waals surface area contributed by atoms with Crippen LogP contribution in [-0.4, -0.2) is 84.6 Å². The van der Waals surface area contributed by atoms with Crippen molar-refractivity contribution in [3.8, 4) is 0 Å². The lowest BCUT2D eigenvalue weighted by Crippen LogP contribution is -2.42. The molecule has 0 bridgehead atoms. The van der Waals surface area contributed by atoms with E-state index in [4.69, 9.17) is 29.5 Å². The van der Waals surface area contributed by atoms with E-state index >= 15 is 0 Å². The van der Waals surface area contributed by atoms with Gasteiger partial charge >= 0.3 is 17.9 Å². The van der Waals surface area contributed by atoms with Gasteiger partial charge < -0.3 is 34.6 Å². The van der Waals surface area contributed by atoms with Gasteiger partial charge in [-0.05, 0) is 0 Å². The first kappa shape index (κ1) is 19.2. The van der Waals surface area contributed by atoms with Crippen molar-refractivity contribution in [2.24, 2.45) is 5.41 Å². The molecule has 0 aliphatic carbocycles. The Morgan fingerprint density at radius 1 is 0.714 bits per heavy atom. The minimum atomic E-state index is -1.25. The highest BCUT2D eigenvalue weighted by Crippen LogP contribution is 2.19. The van der Waals surface area contributed by atoms with E-state index in [2.05, 4.69) is 0 Å². The first-order chi connectivity index (χ1) is 9.81. The summed E-state index contributed by atoms with van der Waals surface area (Å²) in [6.07, 6.45) is 0. The molecule has 0 aromatic carbocycles. The van der Waals surface area contributed by atoms with Gasteiger partial charge in [-0.3, -0.25) is 0 Å². The molecule has 0 saturated carbocycles. The van der Waals surface area contributed by atoms with Crippen LogP contribution in [-0.2, 0) is 28.6 Å². The molecule has 0 aliphatic rings. The zero-order valence-corrected chi connectivity index (χ0v) is 11.2. The zero-order chi connectivity index (χ0) is 16.3. The number of carbonyl (C=O) groups is 3. The third-order valence-corrected chi connectivity index (χ3v) is 2.24. The number of hydrogen-bond donors (Lipinski definition) is 4. The molecule has 0 heterocycles. The average molecular weight is 310 g/mol. The largest absolute Gasteiger partial charge is 0.480 e. The van der Waals surface area contributed by atoms with Crippen LogP contribution in [0.5, 0.6) is 0 Å². The fourth-order valence-corrected chi connectivity index (χ4v) is 1.33. The Kier molecular flexibility index (Phi) is 9.21. The summed E-state index contributed by atoms with van der Waals surface area (Å²) >= 11 is 0. The van der Waals surface area contributed by atoms with E-state index in [1.807, 2.05) is 0 Å². The smallest absolute Gasteiger partial charge is 0.329 e. The second-order valence-corrected chi connectivity index (χ2v) is 4.32. The molecular formula is C11H18O10. The highest BCUT2D eigenvalue weighted by molar-refractivity contribution is 5.68. The molecule has 0 atom stereocenters. The van der Waals surface area contributed by atoms with Crippen LogP contribution in [0.2, 0.25) is 0 Å². The number of aliphatic hydroxyl groups excluding tert-OH is 1. The van der Waals surface area contributed by atoms with Crippen LogP contribution in [0.3, 0.4) is 0 Å². The van der Waals surface area contributed by atoms with Crippen LogP contribution < -0.4 is 0 Å². The van der Waals surface area contributed by atoms with Crippen molar-refractivity contribution in [3.05, 3.63) is 0 Å². The number of aliphatic hydroxyl groups is 1. The zero-order valence-electron chi connectivity index (χ0n) is 11.2. The molecule has 21 heavy (non-hydrogen) atoms. The Balaban J connectivity index is 4.52. The number of carboxylic acids is 3. The summed E-state index contributed by atoms with van der Waals surface area (Å²) in [5.41, 5.74) is -1.25. The molecule has 0 radical (unpaired) electrons. The lowest BCUT2D eigenvalue weighted by Gasteiger charge is -2.30. The lowest BCUT2D eigenvalue weighted by molar-refractivity contribution is -0.153. The summed E-state index contributed by atoms with van der Waals surface area (Å²) in [4.78, 5) is 31.1. The Labute approximate surface area is 119 Å². The molecule has 4 N–H and O–H groups in total. The molecule has 0 unspecified atom stereocenters. The monoisotopic (exact) mass is 310 g/mol. The van der Waals surface area contributed by atoms with E-state index in [1.165, 1.54) is 0 Å². The maximum Gasteiger partial charge on any atom is 0.329 e. The predicted octanol–water partition coefficient (Wildman–Crippen LogP) is -1.73. The molecule has 0 saturated heterocycles. The van der Waals surface area contributed by atoms with E-state index in [0.717, 1.165) is 0 Å². The summed E-state index contributed by atoms with van der Waals surface area (Å²) < 4.78 is 14.6. The van der Waals surface area contributed by atoms with E-state index in [0.29, 0.717) is 0 Å². The molecule has 10 heteroatoms. The SMILES string of the molecule is O=C(O)COCC(CO)(COCC(=O)O)COCC(=O)O. The maximum absolute atomic E-state index is 10.4. The average Bonchev–Trinajstić information content (AvgIpc) is 2.36. The normalized spacial score (nSPS) is 11.3. The van der Waals surface area contributed by atoms with Crippen LogP contribution in [0.1, 0.15) is 0 Å². The summed E-state index contributed by atoms with van der Waals surface area (Å²) in [5.74, 6) is -3.67. The quantitative estimate of drug-likeness (QED) is 0.307. The molecule has 0 fully saturated rings. The lowest BCUT2D eigenvalue weighted by atomic mass is 9.92. The molecule has 10 nitrogen and oxygen atoms in total. The molecule has 0 aromatic rings. The van der Waals surface area contributed by atoms with Crippen molar-refractivity contribution in [1.29, 1.82) is 0 Å². The van der Waals surface area contributed by atoms with Crippen LogP contribution in [0.4, 0.5) is 0 Å². The number of rotatable bonds is 13. The Bertz CT molecular complexity index is 303. The van der Waals surface area contributed by atoms with Gasteiger partial charge in [-0.15, -0.1) is 0 Å². The molecule has 0 aromatic heterocycles. The molecular weight excluding hydrogens is 292 g/mol. The molecule has 0 spiro atoms. The predicted molar refractivity (Wildman–Crippen MR) is 64.9 cm³/mol. The minimum Gasteiger partial charge on any atom is -0.480 e. The van der Waals surface area contributed by atoms with Gasteiger partial charge in [0.25, 0.3) is 0 Å². The first-order valence-electron chi connectivity index (χ1n) is 5.81. The Morgan fingerprint density at radius 2 is 1.00 bits per heavy atom. The van der Waals surface area contributed by atoms with Crippen LogP contribution in [0, 0.1) is 5.41 Å². The van der Waals surface area contributed by atoms with Gasteiger partial charge in [0.05, 0.1) is 31.8 Å². The van der Waals surface area contributed by atoms with Gasteiger partial charge in [0.1, 0.15) is 19.8 Å². The molecule has 0 aliphatic heterocycles. The number of ether oxygens (including phenoxy) is 3. The topological polar surface area (TPSA) is 160 Å². The Hall–Kier alpha value is -1.75. The van der Waals surface area contributed by atoms with Crippen LogP contribution in [0.25, 0.3) is 0 Å². The standard InChI is InChI=1S/C11H18O10/c12-4-11(5-19-1-8(13)14,6-20-2-9(15)16)7-21-3-10(17)18/h12H,1-7H2,(H,13,14)(H,15,16)(H,17,18).